The molecule has 4 heteroatoms. The Morgan fingerprint density at radius 2 is 1.95 bits per heavy atom. The van der Waals surface area contributed by atoms with Crippen molar-refractivity contribution < 1.29 is 9.53 Å². The van der Waals surface area contributed by atoms with E-state index in [0.717, 1.165) is 5.56 Å². The van der Waals surface area contributed by atoms with Crippen LogP contribution in [0.5, 0.6) is 5.75 Å². The first kappa shape index (κ1) is 14.4. The minimum Gasteiger partial charge on any atom is -0.484 e. The van der Waals surface area contributed by atoms with Crippen molar-refractivity contribution in [2.24, 2.45) is 0 Å². The van der Waals surface area contributed by atoms with Gasteiger partial charge in [-0.1, -0.05) is 48.0 Å². The van der Waals surface area contributed by atoms with E-state index in [4.69, 9.17) is 16.3 Å². The summed E-state index contributed by atoms with van der Waals surface area (Å²) in [5.74, 6) is 0.418. The fraction of sp³-hybridized carbons (Fsp3) is 0.188. The number of carbonyl (C=O) groups excluding carboxylic acids is 1. The van der Waals surface area contributed by atoms with E-state index in [1.165, 1.54) is 0 Å². The van der Waals surface area contributed by atoms with Gasteiger partial charge in [0.15, 0.2) is 6.61 Å². The second kappa shape index (κ2) is 6.96. The van der Waals surface area contributed by atoms with E-state index in [0.29, 0.717) is 10.8 Å². The van der Waals surface area contributed by atoms with Crippen LogP contribution in [0.25, 0.3) is 0 Å². The van der Waals surface area contributed by atoms with Gasteiger partial charge in [-0.2, -0.15) is 0 Å². The number of benzene rings is 2. The molecule has 0 fully saturated rings. The van der Waals surface area contributed by atoms with Crippen LogP contribution in [0.4, 0.5) is 0 Å². The van der Waals surface area contributed by atoms with Crippen LogP contribution in [0, 0.1) is 0 Å². The molecule has 3 nitrogen and oxygen atoms in total. The zero-order valence-electron chi connectivity index (χ0n) is 11.2. The average Bonchev–Trinajstić information content (AvgIpc) is 2.46. The molecular formula is C16H16ClNO2. The second-order valence-electron chi connectivity index (χ2n) is 4.45. The van der Waals surface area contributed by atoms with Gasteiger partial charge in [0.1, 0.15) is 5.75 Å². The number of rotatable bonds is 5. The van der Waals surface area contributed by atoms with Crippen molar-refractivity contribution in [1.82, 2.24) is 5.32 Å². The van der Waals surface area contributed by atoms with Crippen LogP contribution in [-0.2, 0) is 4.79 Å². The van der Waals surface area contributed by atoms with Crippen LogP contribution >= 0.6 is 11.6 Å². The lowest BCUT2D eigenvalue weighted by Gasteiger charge is -2.14. The fourth-order valence-corrected chi connectivity index (χ4v) is 1.99. The number of halogens is 1. The predicted molar refractivity (Wildman–Crippen MR) is 79.9 cm³/mol. The number of hydrogen-bond acceptors (Lipinski definition) is 2. The summed E-state index contributed by atoms with van der Waals surface area (Å²) in [7, 11) is 0. The Morgan fingerprint density at radius 3 is 2.65 bits per heavy atom. The summed E-state index contributed by atoms with van der Waals surface area (Å²) in [6, 6.07) is 16.7. The molecule has 0 bridgehead atoms. The zero-order chi connectivity index (χ0) is 14.4. The summed E-state index contributed by atoms with van der Waals surface area (Å²) >= 11 is 5.84. The molecule has 0 aliphatic heterocycles. The van der Waals surface area contributed by atoms with Crippen LogP contribution in [0.3, 0.4) is 0 Å². The van der Waals surface area contributed by atoms with Crippen LogP contribution in [0.2, 0.25) is 5.02 Å². The van der Waals surface area contributed by atoms with E-state index in [-0.39, 0.29) is 18.6 Å². The lowest BCUT2D eigenvalue weighted by molar-refractivity contribution is -0.123. The molecule has 0 aliphatic carbocycles. The van der Waals surface area contributed by atoms with Gasteiger partial charge < -0.3 is 10.1 Å². The highest BCUT2D eigenvalue weighted by molar-refractivity contribution is 6.30. The molecule has 104 valence electrons. The summed E-state index contributed by atoms with van der Waals surface area (Å²) in [4.78, 5) is 11.8. The van der Waals surface area contributed by atoms with Gasteiger partial charge in [0.25, 0.3) is 5.91 Å². The topological polar surface area (TPSA) is 38.3 Å². The predicted octanol–water partition coefficient (Wildman–Crippen LogP) is 3.60. The number of carbonyl (C=O) groups is 1. The maximum atomic E-state index is 11.8. The van der Waals surface area contributed by atoms with Crippen LogP contribution in [0.15, 0.2) is 54.6 Å². The Kier molecular flexibility index (Phi) is 5.02. The summed E-state index contributed by atoms with van der Waals surface area (Å²) < 4.78 is 5.39. The molecule has 2 aromatic carbocycles. The molecule has 0 spiro atoms. The van der Waals surface area contributed by atoms with Crippen LogP contribution < -0.4 is 10.1 Å². The minimum absolute atomic E-state index is 0.0302. The Morgan fingerprint density at radius 1 is 1.20 bits per heavy atom. The van der Waals surface area contributed by atoms with Gasteiger partial charge in [-0.15, -0.1) is 0 Å². The highest BCUT2D eigenvalue weighted by atomic mass is 35.5. The molecule has 0 radical (unpaired) electrons. The normalized spacial score (nSPS) is 11.7. The van der Waals surface area contributed by atoms with Crippen molar-refractivity contribution in [2.45, 2.75) is 13.0 Å². The van der Waals surface area contributed by atoms with Crippen molar-refractivity contribution in [1.29, 1.82) is 0 Å². The van der Waals surface area contributed by atoms with Crippen molar-refractivity contribution in [3.05, 3.63) is 65.2 Å². The highest BCUT2D eigenvalue weighted by Gasteiger charge is 2.09. The van der Waals surface area contributed by atoms with E-state index in [2.05, 4.69) is 5.32 Å². The van der Waals surface area contributed by atoms with Crippen molar-refractivity contribution in [3.8, 4) is 5.75 Å². The molecule has 1 N–H and O–H groups in total. The summed E-state index contributed by atoms with van der Waals surface area (Å²) in [5.41, 5.74) is 1.06. The Hall–Kier alpha value is -2.00. The van der Waals surface area contributed by atoms with Crippen LogP contribution in [0.1, 0.15) is 18.5 Å². The Bertz CT molecular complexity index is 572. The standard InChI is InChI=1S/C16H16ClNO2/c1-12(13-6-3-2-4-7-13)18-16(19)11-20-15-9-5-8-14(17)10-15/h2-10,12H,11H2,1H3,(H,18,19)/t12-/m1/s1. The third-order valence-electron chi connectivity index (χ3n) is 2.84. The van der Waals surface area contributed by atoms with Gasteiger partial charge in [0.2, 0.25) is 0 Å². The Labute approximate surface area is 123 Å². The molecule has 0 saturated carbocycles. The summed E-state index contributed by atoms with van der Waals surface area (Å²) in [6.07, 6.45) is 0. The molecule has 1 amide bonds. The molecule has 2 aromatic rings. The lowest BCUT2D eigenvalue weighted by atomic mass is 10.1. The van der Waals surface area contributed by atoms with Crippen molar-refractivity contribution >= 4 is 17.5 Å². The smallest absolute Gasteiger partial charge is 0.258 e. The molecule has 1 atom stereocenters. The van der Waals surface area contributed by atoms with Gasteiger partial charge in [0.05, 0.1) is 6.04 Å². The van der Waals surface area contributed by atoms with E-state index in [1.807, 2.05) is 37.3 Å². The second-order valence-corrected chi connectivity index (χ2v) is 4.88. The fourth-order valence-electron chi connectivity index (χ4n) is 1.81. The maximum absolute atomic E-state index is 11.8. The first-order valence-corrected chi connectivity index (χ1v) is 6.75. The number of nitrogens with one attached hydrogen (secondary N) is 1. The monoisotopic (exact) mass is 289 g/mol. The highest BCUT2D eigenvalue weighted by Crippen LogP contribution is 2.17. The van der Waals surface area contributed by atoms with Crippen molar-refractivity contribution in [3.63, 3.8) is 0 Å². The lowest BCUT2D eigenvalue weighted by Crippen LogP contribution is -2.31. The molecule has 0 saturated heterocycles. The van der Waals surface area contributed by atoms with Gasteiger partial charge in [-0.3, -0.25) is 4.79 Å². The third kappa shape index (κ3) is 4.28. The van der Waals surface area contributed by atoms with Crippen LogP contribution in [-0.4, -0.2) is 12.5 Å². The molecule has 2 rings (SSSR count). The van der Waals surface area contributed by atoms with Gasteiger partial charge in [0, 0.05) is 5.02 Å². The molecule has 0 unspecified atom stereocenters. The van der Waals surface area contributed by atoms with E-state index < -0.39 is 0 Å². The molecule has 20 heavy (non-hydrogen) atoms. The average molecular weight is 290 g/mol. The minimum atomic E-state index is -0.165. The molecule has 0 heterocycles. The molecule has 0 aliphatic rings. The molecule has 0 aromatic heterocycles. The first-order valence-electron chi connectivity index (χ1n) is 6.38. The first-order chi connectivity index (χ1) is 9.65. The van der Waals surface area contributed by atoms with Gasteiger partial charge >= 0.3 is 0 Å². The largest absolute Gasteiger partial charge is 0.484 e. The summed E-state index contributed by atoms with van der Waals surface area (Å²) in [6.45, 7) is 1.91. The van der Waals surface area contributed by atoms with E-state index in [1.54, 1.807) is 24.3 Å². The SMILES string of the molecule is C[C@@H](NC(=O)COc1cccc(Cl)c1)c1ccccc1. The number of amides is 1. The molecular weight excluding hydrogens is 274 g/mol. The van der Waals surface area contributed by atoms with E-state index in [9.17, 15) is 4.79 Å². The number of ether oxygens (including phenoxy) is 1. The van der Waals surface area contributed by atoms with Gasteiger partial charge in [-0.25, -0.2) is 0 Å². The number of hydrogen-bond donors (Lipinski definition) is 1. The maximum Gasteiger partial charge on any atom is 0.258 e. The zero-order valence-corrected chi connectivity index (χ0v) is 11.9. The van der Waals surface area contributed by atoms with E-state index >= 15 is 0 Å². The van der Waals surface area contributed by atoms with Gasteiger partial charge in [-0.05, 0) is 30.7 Å². The summed E-state index contributed by atoms with van der Waals surface area (Å²) in [5, 5.41) is 3.47. The van der Waals surface area contributed by atoms with Crippen molar-refractivity contribution in [2.75, 3.05) is 6.61 Å². The third-order valence-corrected chi connectivity index (χ3v) is 3.08. The Balaban J connectivity index is 1.84. The quantitative estimate of drug-likeness (QED) is 0.913.